The van der Waals surface area contributed by atoms with Crippen molar-refractivity contribution in [2.24, 2.45) is 0 Å². The summed E-state index contributed by atoms with van der Waals surface area (Å²) >= 11 is 0. The summed E-state index contributed by atoms with van der Waals surface area (Å²) in [4.78, 5) is 13.4. The summed E-state index contributed by atoms with van der Waals surface area (Å²) in [5, 5.41) is 9.19. The highest BCUT2D eigenvalue weighted by Gasteiger charge is 2.21. The van der Waals surface area contributed by atoms with Crippen LogP contribution >= 0.6 is 0 Å². The van der Waals surface area contributed by atoms with Gasteiger partial charge < -0.3 is 24.2 Å². The quantitative estimate of drug-likeness (QED) is 0.871. The molecule has 0 radical (unpaired) electrons. The lowest BCUT2D eigenvalue weighted by molar-refractivity contribution is -0.0407. The Morgan fingerprint density at radius 2 is 2.35 bits per heavy atom. The standard InChI is InChI=1S/C14H19NO5/c1-15-6-7-19-10(8-15)9-20-13-11(14(16)17)4-3-5-12(13)18-2/h3-5,10H,6-9H2,1-2H3,(H,16,17). The molecule has 2 rings (SSSR count). The molecule has 6 heteroatoms. The summed E-state index contributed by atoms with van der Waals surface area (Å²) in [6.07, 6.45) is -0.0692. The minimum absolute atomic E-state index is 0.0692. The van der Waals surface area contributed by atoms with Crippen LogP contribution in [0.15, 0.2) is 18.2 Å². The third kappa shape index (κ3) is 3.40. The van der Waals surface area contributed by atoms with Crippen LogP contribution in [0.5, 0.6) is 11.5 Å². The number of carboxylic acid groups (broad SMARTS) is 1. The largest absolute Gasteiger partial charge is 0.493 e. The van der Waals surface area contributed by atoms with Crippen molar-refractivity contribution in [1.82, 2.24) is 4.90 Å². The first-order valence-electron chi connectivity index (χ1n) is 6.45. The molecule has 0 amide bonds. The first-order chi connectivity index (χ1) is 9.61. The van der Waals surface area contributed by atoms with Gasteiger partial charge in [0.25, 0.3) is 0 Å². The van der Waals surface area contributed by atoms with Gasteiger partial charge in [0.05, 0.1) is 13.7 Å². The van der Waals surface area contributed by atoms with E-state index in [1.165, 1.54) is 13.2 Å². The molecule has 1 N–H and O–H groups in total. The fraction of sp³-hybridized carbons (Fsp3) is 0.500. The third-order valence-corrected chi connectivity index (χ3v) is 3.18. The molecule has 1 atom stereocenters. The number of likely N-dealkylation sites (N-methyl/N-ethyl adjacent to an activating group) is 1. The van der Waals surface area contributed by atoms with Crippen molar-refractivity contribution in [2.75, 3.05) is 40.5 Å². The molecule has 1 unspecified atom stereocenters. The number of morpholine rings is 1. The van der Waals surface area contributed by atoms with E-state index in [4.69, 9.17) is 14.2 Å². The van der Waals surface area contributed by atoms with Crippen LogP contribution in [0.3, 0.4) is 0 Å². The van der Waals surface area contributed by atoms with Gasteiger partial charge in [0.1, 0.15) is 18.3 Å². The Balaban J connectivity index is 2.09. The second-order valence-electron chi connectivity index (χ2n) is 4.71. The number of carbonyl (C=O) groups is 1. The highest BCUT2D eigenvalue weighted by Crippen LogP contribution is 2.31. The van der Waals surface area contributed by atoms with Gasteiger partial charge in [-0.05, 0) is 19.2 Å². The second kappa shape index (κ2) is 6.58. The predicted molar refractivity (Wildman–Crippen MR) is 72.7 cm³/mol. The number of hydrogen-bond acceptors (Lipinski definition) is 5. The Hall–Kier alpha value is -1.79. The summed E-state index contributed by atoms with van der Waals surface area (Å²) < 4.78 is 16.4. The fourth-order valence-electron chi connectivity index (χ4n) is 2.14. The Bertz CT molecular complexity index is 477. The van der Waals surface area contributed by atoms with E-state index in [0.29, 0.717) is 19.0 Å². The molecule has 0 aliphatic carbocycles. The lowest BCUT2D eigenvalue weighted by Crippen LogP contribution is -2.42. The number of methoxy groups -OCH3 is 1. The van der Waals surface area contributed by atoms with Crippen LogP contribution < -0.4 is 9.47 Å². The van der Waals surface area contributed by atoms with Crippen molar-refractivity contribution in [3.05, 3.63) is 23.8 Å². The maximum Gasteiger partial charge on any atom is 0.339 e. The minimum atomic E-state index is -1.04. The zero-order valence-electron chi connectivity index (χ0n) is 11.7. The van der Waals surface area contributed by atoms with E-state index in [0.717, 1.165) is 13.1 Å². The molecule has 1 heterocycles. The van der Waals surface area contributed by atoms with Crippen molar-refractivity contribution in [3.63, 3.8) is 0 Å². The molecule has 1 aromatic rings. The van der Waals surface area contributed by atoms with Crippen LogP contribution in [0.1, 0.15) is 10.4 Å². The highest BCUT2D eigenvalue weighted by molar-refractivity contribution is 5.92. The average Bonchev–Trinajstić information content (AvgIpc) is 2.44. The average molecular weight is 281 g/mol. The molecule has 1 fully saturated rings. The normalized spacial score (nSPS) is 19.6. The van der Waals surface area contributed by atoms with Crippen molar-refractivity contribution in [1.29, 1.82) is 0 Å². The van der Waals surface area contributed by atoms with Crippen LogP contribution in [-0.4, -0.2) is 62.5 Å². The molecule has 110 valence electrons. The van der Waals surface area contributed by atoms with E-state index in [1.807, 2.05) is 7.05 Å². The third-order valence-electron chi connectivity index (χ3n) is 3.18. The minimum Gasteiger partial charge on any atom is -0.493 e. The van der Waals surface area contributed by atoms with E-state index in [2.05, 4.69) is 4.90 Å². The molecule has 0 saturated carbocycles. The molecule has 0 bridgehead atoms. The molecule has 1 aliphatic rings. The Morgan fingerprint density at radius 3 is 3.00 bits per heavy atom. The summed E-state index contributed by atoms with van der Waals surface area (Å²) in [5.41, 5.74) is 0.0912. The van der Waals surface area contributed by atoms with Gasteiger partial charge in [-0.3, -0.25) is 0 Å². The van der Waals surface area contributed by atoms with Gasteiger partial charge in [0.2, 0.25) is 0 Å². The summed E-state index contributed by atoms with van der Waals surface area (Å²) in [6.45, 7) is 2.61. The summed E-state index contributed by atoms with van der Waals surface area (Å²) in [7, 11) is 3.50. The van der Waals surface area contributed by atoms with E-state index in [9.17, 15) is 9.90 Å². The van der Waals surface area contributed by atoms with Crippen molar-refractivity contribution in [2.45, 2.75) is 6.10 Å². The van der Waals surface area contributed by atoms with E-state index < -0.39 is 5.97 Å². The highest BCUT2D eigenvalue weighted by atomic mass is 16.5. The monoisotopic (exact) mass is 281 g/mol. The van der Waals surface area contributed by atoms with E-state index in [1.54, 1.807) is 12.1 Å². The predicted octanol–water partition coefficient (Wildman–Crippen LogP) is 1.10. The topological polar surface area (TPSA) is 68.2 Å². The molecule has 6 nitrogen and oxygen atoms in total. The summed E-state index contributed by atoms with van der Waals surface area (Å²) in [6, 6.07) is 4.80. The van der Waals surface area contributed by atoms with Crippen LogP contribution in [-0.2, 0) is 4.74 Å². The number of rotatable bonds is 5. The first-order valence-corrected chi connectivity index (χ1v) is 6.45. The van der Waals surface area contributed by atoms with Crippen molar-refractivity contribution in [3.8, 4) is 11.5 Å². The zero-order valence-corrected chi connectivity index (χ0v) is 11.7. The second-order valence-corrected chi connectivity index (χ2v) is 4.71. The maximum atomic E-state index is 11.2. The van der Waals surface area contributed by atoms with Gasteiger partial charge in [0.15, 0.2) is 11.5 Å². The van der Waals surface area contributed by atoms with Crippen LogP contribution in [0.4, 0.5) is 0 Å². The van der Waals surface area contributed by atoms with Gasteiger partial charge in [-0.15, -0.1) is 0 Å². The Kier molecular flexibility index (Phi) is 4.81. The van der Waals surface area contributed by atoms with Gasteiger partial charge in [-0.1, -0.05) is 6.07 Å². The first kappa shape index (κ1) is 14.6. The number of para-hydroxylation sites is 1. The van der Waals surface area contributed by atoms with Gasteiger partial charge in [-0.25, -0.2) is 4.79 Å². The molecule has 1 aliphatic heterocycles. The molecular formula is C14H19NO5. The smallest absolute Gasteiger partial charge is 0.339 e. The molecule has 1 saturated heterocycles. The van der Waals surface area contributed by atoms with E-state index in [-0.39, 0.29) is 17.4 Å². The number of nitrogens with zero attached hydrogens (tertiary/aromatic N) is 1. The maximum absolute atomic E-state index is 11.2. The lowest BCUT2D eigenvalue weighted by atomic mass is 10.2. The van der Waals surface area contributed by atoms with Gasteiger partial charge >= 0.3 is 5.97 Å². The van der Waals surface area contributed by atoms with Crippen molar-refractivity contribution >= 4 is 5.97 Å². The Labute approximate surface area is 117 Å². The fourth-order valence-corrected chi connectivity index (χ4v) is 2.14. The van der Waals surface area contributed by atoms with Gasteiger partial charge in [-0.2, -0.15) is 0 Å². The van der Waals surface area contributed by atoms with Crippen LogP contribution in [0.25, 0.3) is 0 Å². The van der Waals surface area contributed by atoms with Gasteiger partial charge in [0, 0.05) is 13.1 Å². The SMILES string of the molecule is COc1cccc(C(=O)O)c1OCC1CN(C)CCO1. The zero-order chi connectivity index (χ0) is 14.5. The molecule has 1 aromatic carbocycles. The molecule has 0 aromatic heterocycles. The molecular weight excluding hydrogens is 262 g/mol. The lowest BCUT2D eigenvalue weighted by Gasteiger charge is -2.30. The number of ether oxygens (including phenoxy) is 3. The van der Waals surface area contributed by atoms with Crippen molar-refractivity contribution < 1.29 is 24.1 Å². The number of benzene rings is 1. The summed E-state index contributed by atoms with van der Waals surface area (Å²) in [5.74, 6) is -0.381. The van der Waals surface area contributed by atoms with Crippen LogP contribution in [0.2, 0.25) is 0 Å². The Morgan fingerprint density at radius 1 is 1.55 bits per heavy atom. The number of aromatic carboxylic acids is 1. The van der Waals surface area contributed by atoms with Crippen LogP contribution in [0, 0.1) is 0 Å². The molecule has 0 spiro atoms. The number of hydrogen-bond donors (Lipinski definition) is 1. The molecule has 20 heavy (non-hydrogen) atoms. The number of carboxylic acids is 1. The van der Waals surface area contributed by atoms with E-state index >= 15 is 0 Å².